The van der Waals surface area contributed by atoms with E-state index in [-0.39, 0.29) is 6.42 Å². The van der Waals surface area contributed by atoms with Gasteiger partial charge in [0.05, 0.1) is 6.42 Å². The first-order valence-electron chi connectivity index (χ1n) is 4.70. The molecule has 0 spiro atoms. The standard InChI is InChI=1S/C11H10F4O/c12-9-3-1-2-8(6-9)7-10(16)4-5-11(13,14)15/h1-3,6H,4-5,7H2. The maximum absolute atomic E-state index is 12.7. The molecule has 0 fully saturated rings. The number of carbonyl (C=O) groups is 1. The van der Waals surface area contributed by atoms with E-state index in [0.717, 1.165) is 6.07 Å². The number of hydrogen-bond acceptors (Lipinski definition) is 1. The molecule has 1 aromatic carbocycles. The Morgan fingerprint density at radius 3 is 2.50 bits per heavy atom. The summed E-state index contributed by atoms with van der Waals surface area (Å²) in [5, 5.41) is 0. The van der Waals surface area contributed by atoms with Gasteiger partial charge in [-0.15, -0.1) is 0 Å². The number of halogens is 4. The van der Waals surface area contributed by atoms with Crippen LogP contribution in [-0.2, 0) is 11.2 Å². The van der Waals surface area contributed by atoms with Crippen LogP contribution >= 0.6 is 0 Å². The minimum Gasteiger partial charge on any atom is -0.299 e. The zero-order valence-corrected chi connectivity index (χ0v) is 8.35. The van der Waals surface area contributed by atoms with E-state index in [1.807, 2.05) is 0 Å². The third kappa shape index (κ3) is 4.91. The van der Waals surface area contributed by atoms with Crippen molar-refractivity contribution in [2.45, 2.75) is 25.4 Å². The van der Waals surface area contributed by atoms with Gasteiger partial charge in [0, 0.05) is 12.8 Å². The van der Waals surface area contributed by atoms with Crippen LogP contribution in [0.2, 0.25) is 0 Å². The molecule has 0 saturated carbocycles. The summed E-state index contributed by atoms with van der Waals surface area (Å²) in [5.74, 6) is -1.04. The molecule has 0 aromatic heterocycles. The van der Waals surface area contributed by atoms with E-state index < -0.39 is 30.6 Å². The number of rotatable bonds is 4. The number of benzene rings is 1. The molecule has 0 N–H and O–H groups in total. The SMILES string of the molecule is O=C(CCC(F)(F)F)Cc1cccc(F)c1. The van der Waals surface area contributed by atoms with Gasteiger partial charge in [-0.05, 0) is 17.7 Å². The highest BCUT2D eigenvalue weighted by Gasteiger charge is 2.27. The van der Waals surface area contributed by atoms with Crippen LogP contribution in [0.1, 0.15) is 18.4 Å². The van der Waals surface area contributed by atoms with E-state index in [4.69, 9.17) is 0 Å². The fourth-order valence-corrected chi connectivity index (χ4v) is 1.24. The molecule has 0 bridgehead atoms. The topological polar surface area (TPSA) is 17.1 Å². The third-order valence-corrected chi connectivity index (χ3v) is 1.98. The Labute approximate surface area is 90.1 Å². The second kappa shape index (κ2) is 5.09. The molecule has 88 valence electrons. The molecular weight excluding hydrogens is 224 g/mol. The quantitative estimate of drug-likeness (QED) is 0.730. The fourth-order valence-electron chi connectivity index (χ4n) is 1.24. The first kappa shape index (κ1) is 12.7. The molecule has 0 amide bonds. The van der Waals surface area contributed by atoms with E-state index in [0.29, 0.717) is 5.56 Å². The van der Waals surface area contributed by atoms with Crippen LogP contribution < -0.4 is 0 Å². The molecule has 0 heterocycles. The normalized spacial score (nSPS) is 11.5. The zero-order valence-electron chi connectivity index (χ0n) is 8.35. The van der Waals surface area contributed by atoms with Gasteiger partial charge in [0.1, 0.15) is 11.6 Å². The van der Waals surface area contributed by atoms with E-state index in [9.17, 15) is 22.4 Å². The molecule has 1 nitrogen and oxygen atoms in total. The van der Waals surface area contributed by atoms with Gasteiger partial charge in [0.25, 0.3) is 0 Å². The van der Waals surface area contributed by atoms with Gasteiger partial charge >= 0.3 is 6.18 Å². The molecule has 5 heteroatoms. The summed E-state index contributed by atoms with van der Waals surface area (Å²) in [4.78, 5) is 11.1. The molecule has 0 saturated heterocycles. The summed E-state index contributed by atoms with van der Waals surface area (Å²) >= 11 is 0. The highest BCUT2D eigenvalue weighted by molar-refractivity contribution is 5.80. The van der Waals surface area contributed by atoms with Crippen molar-refractivity contribution in [2.75, 3.05) is 0 Å². The summed E-state index contributed by atoms with van der Waals surface area (Å²) in [7, 11) is 0. The van der Waals surface area contributed by atoms with Crippen LogP contribution in [0.25, 0.3) is 0 Å². The van der Waals surface area contributed by atoms with Gasteiger partial charge in [-0.25, -0.2) is 4.39 Å². The van der Waals surface area contributed by atoms with Crippen LogP contribution in [-0.4, -0.2) is 12.0 Å². The van der Waals surface area contributed by atoms with Crippen molar-refractivity contribution in [3.63, 3.8) is 0 Å². The largest absolute Gasteiger partial charge is 0.389 e. The molecule has 0 aliphatic heterocycles. The first-order valence-corrected chi connectivity index (χ1v) is 4.70. The van der Waals surface area contributed by atoms with Crippen LogP contribution in [0.15, 0.2) is 24.3 Å². The van der Waals surface area contributed by atoms with Gasteiger partial charge in [0.2, 0.25) is 0 Å². The Kier molecular flexibility index (Phi) is 4.04. The molecule has 0 aliphatic rings. The number of Topliss-reactive ketones (excluding diaryl/α,β-unsaturated/α-hetero) is 1. The molecule has 0 atom stereocenters. The Balaban J connectivity index is 2.46. The molecule has 1 rings (SSSR count). The van der Waals surface area contributed by atoms with Crippen molar-refractivity contribution in [3.8, 4) is 0 Å². The van der Waals surface area contributed by atoms with Crippen LogP contribution in [0.3, 0.4) is 0 Å². The van der Waals surface area contributed by atoms with E-state index in [2.05, 4.69) is 0 Å². The molecule has 0 radical (unpaired) electrons. The summed E-state index contributed by atoms with van der Waals surface area (Å²) < 4.78 is 48.1. The Hall–Kier alpha value is -1.39. The Morgan fingerprint density at radius 2 is 1.94 bits per heavy atom. The predicted octanol–water partition coefficient (Wildman–Crippen LogP) is 3.28. The predicted molar refractivity (Wildman–Crippen MR) is 50.4 cm³/mol. The van der Waals surface area contributed by atoms with Crippen molar-refractivity contribution in [1.29, 1.82) is 0 Å². The zero-order chi connectivity index (χ0) is 12.2. The maximum Gasteiger partial charge on any atom is 0.389 e. The first-order chi connectivity index (χ1) is 7.37. The molecular formula is C11H10F4O. The second-order valence-electron chi connectivity index (χ2n) is 3.46. The lowest BCUT2D eigenvalue weighted by molar-refractivity contribution is -0.143. The minimum atomic E-state index is -4.32. The van der Waals surface area contributed by atoms with Crippen molar-refractivity contribution in [1.82, 2.24) is 0 Å². The maximum atomic E-state index is 12.7. The number of hydrogen-bond donors (Lipinski definition) is 0. The monoisotopic (exact) mass is 234 g/mol. The van der Waals surface area contributed by atoms with E-state index in [1.165, 1.54) is 18.2 Å². The van der Waals surface area contributed by atoms with Gasteiger partial charge in [-0.3, -0.25) is 4.79 Å². The minimum absolute atomic E-state index is 0.159. The summed E-state index contributed by atoms with van der Waals surface area (Å²) in [5.41, 5.74) is 0.396. The Bertz CT molecular complexity index is 370. The third-order valence-electron chi connectivity index (χ3n) is 1.98. The van der Waals surface area contributed by atoms with E-state index in [1.54, 1.807) is 0 Å². The van der Waals surface area contributed by atoms with Gasteiger partial charge in [-0.1, -0.05) is 12.1 Å². The number of carbonyl (C=O) groups excluding carboxylic acids is 1. The molecule has 1 aromatic rings. The fraction of sp³-hybridized carbons (Fsp3) is 0.364. The van der Waals surface area contributed by atoms with Crippen LogP contribution in [0.5, 0.6) is 0 Å². The van der Waals surface area contributed by atoms with Crippen LogP contribution in [0, 0.1) is 5.82 Å². The lowest BCUT2D eigenvalue weighted by Crippen LogP contribution is -2.12. The molecule has 16 heavy (non-hydrogen) atoms. The summed E-state index contributed by atoms with van der Waals surface area (Å²) in [6, 6.07) is 5.28. The molecule has 0 aliphatic carbocycles. The summed E-state index contributed by atoms with van der Waals surface area (Å²) in [6.07, 6.45) is -6.16. The average molecular weight is 234 g/mol. The van der Waals surface area contributed by atoms with Crippen LogP contribution in [0.4, 0.5) is 17.6 Å². The van der Waals surface area contributed by atoms with Crippen molar-refractivity contribution >= 4 is 5.78 Å². The second-order valence-corrected chi connectivity index (χ2v) is 3.46. The summed E-state index contributed by atoms with van der Waals surface area (Å²) in [6.45, 7) is 0. The van der Waals surface area contributed by atoms with Gasteiger partial charge in [-0.2, -0.15) is 13.2 Å². The number of alkyl halides is 3. The van der Waals surface area contributed by atoms with Gasteiger partial charge in [0.15, 0.2) is 0 Å². The van der Waals surface area contributed by atoms with Crippen molar-refractivity contribution in [2.24, 2.45) is 0 Å². The number of ketones is 1. The smallest absolute Gasteiger partial charge is 0.299 e. The average Bonchev–Trinajstić information content (AvgIpc) is 2.14. The Morgan fingerprint density at radius 1 is 1.25 bits per heavy atom. The lowest BCUT2D eigenvalue weighted by Gasteiger charge is -2.05. The van der Waals surface area contributed by atoms with Gasteiger partial charge < -0.3 is 0 Å². The van der Waals surface area contributed by atoms with E-state index >= 15 is 0 Å². The highest BCUT2D eigenvalue weighted by Crippen LogP contribution is 2.21. The van der Waals surface area contributed by atoms with Crippen molar-refractivity contribution < 1.29 is 22.4 Å². The highest BCUT2D eigenvalue weighted by atomic mass is 19.4. The lowest BCUT2D eigenvalue weighted by atomic mass is 10.1. The van der Waals surface area contributed by atoms with Crippen molar-refractivity contribution in [3.05, 3.63) is 35.6 Å². The molecule has 0 unspecified atom stereocenters.